The highest BCUT2D eigenvalue weighted by molar-refractivity contribution is 5.94. The zero-order valence-corrected chi connectivity index (χ0v) is 17.8. The minimum atomic E-state index is -0.325. The number of anilines is 2. The van der Waals surface area contributed by atoms with E-state index in [9.17, 15) is 14.0 Å². The summed E-state index contributed by atoms with van der Waals surface area (Å²) < 4.78 is 13.6. The molecule has 0 spiro atoms. The van der Waals surface area contributed by atoms with E-state index in [4.69, 9.17) is 0 Å². The first kappa shape index (κ1) is 22.2. The van der Waals surface area contributed by atoms with Crippen LogP contribution in [0.1, 0.15) is 31.4 Å². The molecule has 0 saturated heterocycles. The Hall–Kier alpha value is -3.47. The Morgan fingerprint density at radius 3 is 2.26 bits per heavy atom. The molecule has 3 aromatic rings. The maximum absolute atomic E-state index is 13.6. The van der Waals surface area contributed by atoms with Crippen LogP contribution in [0.25, 0.3) is 0 Å². The average molecular weight is 419 g/mol. The van der Waals surface area contributed by atoms with Crippen LogP contribution in [0.2, 0.25) is 0 Å². The first-order valence-electron chi connectivity index (χ1n) is 10.4. The number of nitrogens with one attached hydrogen (secondary N) is 1. The first-order valence-corrected chi connectivity index (χ1v) is 10.4. The molecule has 4 nitrogen and oxygen atoms in total. The van der Waals surface area contributed by atoms with E-state index in [1.165, 1.54) is 12.1 Å². The van der Waals surface area contributed by atoms with Crippen LogP contribution < -0.4 is 10.2 Å². The van der Waals surface area contributed by atoms with Gasteiger partial charge in [0, 0.05) is 17.8 Å². The van der Waals surface area contributed by atoms with Gasteiger partial charge in [0.25, 0.3) is 0 Å². The van der Waals surface area contributed by atoms with Crippen LogP contribution in [0.4, 0.5) is 15.8 Å². The van der Waals surface area contributed by atoms with Gasteiger partial charge in [-0.1, -0.05) is 56.3 Å². The van der Waals surface area contributed by atoms with Crippen molar-refractivity contribution < 1.29 is 14.0 Å². The number of hydrogen-bond acceptors (Lipinski definition) is 2. The standard InChI is InChI=1S/C26H27FN2O2/c1-19(2)15-26(31)29(18-21-7-6-8-22(27)16-21)24-13-11-20(12-14-24)17-25(30)28-23-9-4-3-5-10-23/h3-14,16,19H,15,17-18H2,1-2H3,(H,28,30). The van der Waals surface area contributed by atoms with Gasteiger partial charge in [-0.05, 0) is 53.4 Å². The lowest BCUT2D eigenvalue weighted by Gasteiger charge is -2.24. The first-order chi connectivity index (χ1) is 14.9. The molecule has 0 bridgehead atoms. The molecule has 0 unspecified atom stereocenters. The van der Waals surface area contributed by atoms with Gasteiger partial charge in [0.1, 0.15) is 5.82 Å². The van der Waals surface area contributed by atoms with Crippen molar-refractivity contribution in [2.45, 2.75) is 33.2 Å². The summed E-state index contributed by atoms with van der Waals surface area (Å²) in [5, 5.41) is 2.87. The molecular formula is C26H27FN2O2. The molecule has 0 atom stereocenters. The second-order valence-electron chi connectivity index (χ2n) is 7.97. The van der Waals surface area contributed by atoms with E-state index in [1.807, 2.05) is 68.4 Å². The lowest BCUT2D eigenvalue weighted by Crippen LogP contribution is -2.31. The maximum Gasteiger partial charge on any atom is 0.228 e. The van der Waals surface area contributed by atoms with E-state index in [2.05, 4.69) is 5.32 Å². The SMILES string of the molecule is CC(C)CC(=O)N(Cc1cccc(F)c1)c1ccc(CC(=O)Nc2ccccc2)cc1. The minimum absolute atomic E-state index is 0.0196. The van der Waals surface area contributed by atoms with Gasteiger partial charge in [-0.2, -0.15) is 0 Å². The van der Waals surface area contributed by atoms with Gasteiger partial charge in [-0.25, -0.2) is 4.39 Å². The van der Waals surface area contributed by atoms with Gasteiger partial charge in [0.2, 0.25) is 11.8 Å². The smallest absolute Gasteiger partial charge is 0.228 e. The van der Waals surface area contributed by atoms with Crippen LogP contribution >= 0.6 is 0 Å². The van der Waals surface area contributed by atoms with E-state index in [0.717, 1.165) is 22.5 Å². The van der Waals surface area contributed by atoms with Gasteiger partial charge in [-0.3, -0.25) is 9.59 Å². The summed E-state index contributed by atoms with van der Waals surface area (Å²) >= 11 is 0. The molecule has 0 aromatic heterocycles. The van der Waals surface area contributed by atoms with Crippen LogP contribution in [0.15, 0.2) is 78.9 Å². The van der Waals surface area contributed by atoms with E-state index >= 15 is 0 Å². The highest BCUT2D eigenvalue weighted by Crippen LogP contribution is 2.21. The van der Waals surface area contributed by atoms with Crippen molar-refractivity contribution in [1.29, 1.82) is 0 Å². The van der Waals surface area contributed by atoms with E-state index in [1.54, 1.807) is 17.0 Å². The van der Waals surface area contributed by atoms with Gasteiger partial charge in [-0.15, -0.1) is 0 Å². The van der Waals surface area contributed by atoms with E-state index < -0.39 is 0 Å². The predicted molar refractivity (Wildman–Crippen MR) is 122 cm³/mol. The van der Waals surface area contributed by atoms with E-state index in [-0.39, 0.29) is 36.5 Å². The molecule has 0 saturated carbocycles. The Kier molecular flexibility index (Phi) is 7.55. The lowest BCUT2D eigenvalue weighted by molar-refractivity contribution is -0.119. The number of amides is 2. The van der Waals surface area contributed by atoms with Crippen LogP contribution in [0.3, 0.4) is 0 Å². The van der Waals surface area contributed by atoms with Crippen molar-refractivity contribution in [3.05, 3.63) is 95.8 Å². The van der Waals surface area contributed by atoms with E-state index in [0.29, 0.717) is 6.42 Å². The van der Waals surface area contributed by atoms with Crippen molar-refractivity contribution in [3.63, 3.8) is 0 Å². The third-order valence-corrected chi connectivity index (χ3v) is 4.78. The zero-order chi connectivity index (χ0) is 22.2. The topological polar surface area (TPSA) is 49.4 Å². The fraction of sp³-hybridized carbons (Fsp3) is 0.231. The number of para-hydroxylation sites is 1. The molecule has 160 valence electrons. The summed E-state index contributed by atoms with van der Waals surface area (Å²) in [5.74, 6) is -0.239. The van der Waals surface area contributed by atoms with Gasteiger partial charge in [0.15, 0.2) is 0 Å². The molecule has 1 N–H and O–H groups in total. The van der Waals surface area contributed by atoms with Gasteiger partial charge in [0.05, 0.1) is 13.0 Å². The number of nitrogens with zero attached hydrogens (tertiary/aromatic N) is 1. The Morgan fingerprint density at radius 2 is 1.61 bits per heavy atom. The summed E-state index contributed by atoms with van der Waals surface area (Å²) in [5.41, 5.74) is 3.05. The Bertz CT molecular complexity index is 1020. The average Bonchev–Trinajstić information content (AvgIpc) is 2.73. The Balaban J connectivity index is 1.73. The number of carbonyl (C=O) groups is 2. The van der Waals surface area contributed by atoms with Crippen LogP contribution in [0, 0.1) is 11.7 Å². The second kappa shape index (κ2) is 10.5. The molecule has 5 heteroatoms. The maximum atomic E-state index is 13.6. The molecule has 2 amide bonds. The zero-order valence-electron chi connectivity index (χ0n) is 17.8. The number of halogens is 1. The van der Waals surface area contributed by atoms with Crippen molar-refractivity contribution in [3.8, 4) is 0 Å². The molecule has 0 fully saturated rings. The van der Waals surface area contributed by atoms with Gasteiger partial charge >= 0.3 is 0 Å². The highest BCUT2D eigenvalue weighted by atomic mass is 19.1. The van der Waals surface area contributed by atoms with Crippen LogP contribution in [-0.4, -0.2) is 11.8 Å². The van der Waals surface area contributed by atoms with Crippen molar-refractivity contribution in [2.75, 3.05) is 10.2 Å². The lowest BCUT2D eigenvalue weighted by atomic mass is 10.1. The second-order valence-corrected chi connectivity index (χ2v) is 7.97. The monoisotopic (exact) mass is 418 g/mol. The number of hydrogen-bond donors (Lipinski definition) is 1. The molecule has 0 aliphatic rings. The molecule has 0 heterocycles. The summed E-state index contributed by atoms with van der Waals surface area (Å²) in [6.45, 7) is 4.27. The van der Waals surface area contributed by atoms with Crippen molar-refractivity contribution >= 4 is 23.2 Å². The fourth-order valence-electron chi connectivity index (χ4n) is 3.31. The molecule has 31 heavy (non-hydrogen) atoms. The molecule has 3 rings (SSSR count). The Labute approximate surface area is 182 Å². The van der Waals surface area contributed by atoms with Crippen molar-refractivity contribution in [2.24, 2.45) is 5.92 Å². The van der Waals surface area contributed by atoms with Crippen LogP contribution in [0.5, 0.6) is 0 Å². The summed E-state index contributed by atoms with van der Waals surface area (Å²) in [7, 11) is 0. The number of rotatable bonds is 8. The molecule has 3 aromatic carbocycles. The molecule has 0 aliphatic carbocycles. The molecule has 0 radical (unpaired) electrons. The largest absolute Gasteiger partial charge is 0.326 e. The fourth-order valence-corrected chi connectivity index (χ4v) is 3.31. The predicted octanol–water partition coefficient (Wildman–Crippen LogP) is 5.59. The number of carbonyl (C=O) groups excluding carboxylic acids is 2. The minimum Gasteiger partial charge on any atom is -0.326 e. The molecular weight excluding hydrogens is 391 g/mol. The third kappa shape index (κ3) is 6.78. The van der Waals surface area contributed by atoms with Gasteiger partial charge < -0.3 is 10.2 Å². The highest BCUT2D eigenvalue weighted by Gasteiger charge is 2.18. The summed E-state index contributed by atoms with van der Waals surface area (Å²) in [6.07, 6.45) is 0.634. The third-order valence-electron chi connectivity index (χ3n) is 4.78. The summed E-state index contributed by atoms with van der Waals surface area (Å²) in [6, 6.07) is 23.0. The Morgan fingerprint density at radius 1 is 0.903 bits per heavy atom. The molecule has 0 aliphatic heterocycles. The normalized spacial score (nSPS) is 10.7. The summed E-state index contributed by atoms with van der Waals surface area (Å²) in [4.78, 5) is 26.8. The van der Waals surface area contributed by atoms with Crippen LogP contribution in [-0.2, 0) is 22.6 Å². The van der Waals surface area contributed by atoms with Crippen molar-refractivity contribution in [1.82, 2.24) is 0 Å². The quantitative estimate of drug-likeness (QED) is 0.519. The number of benzene rings is 3.